The standard InChI is InChI=1S/C20H20N2O5/c1-14(2)19(23)27-13-12-26-18-10-8-17(9-11-18)22-21-16-6-4-15(5-7-16)20(24)25-3/h4-11H,1,12-13H2,2-3H3. The summed E-state index contributed by atoms with van der Waals surface area (Å²) in [5, 5.41) is 8.24. The first-order chi connectivity index (χ1) is 13.0. The van der Waals surface area contributed by atoms with Crippen molar-refractivity contribution in [3.05, 3.63) is 66.2 Å². The largest absolute Gasteiger partial charge is 0.490 e. The van der Waals surface area contributed by atoms with Crippen molar-refractivity contribution >= 4 is 23.3 Å². The molecule has 0 heterocycles. The quantitative estimate of drug-likeness (QED) is 0.298. The first-order valence-electron chi connectivity index (χ1n) is 8.15. The molecule has 2 aromatic carbocycles. The van der Waals surface area contributed by atoms with Gasteiger partial charge in [-0.15, -0.1) is 0 Å². The zero-order chi connectivity index (χ0) is 19.6. The molecule has 0 atom stereocenters. The summed E-state index contributed by atoms with van der Waals surface area (Å²) < 4.78 is 15.1. The highest BCUT2D eigenvalue weighted by Gasteiger charge is 2.04. The molecule has 0 fully saturated rings. The Labute approximate surface area is 157 Å². The SMILES string of the molecule is C=C(C)C(=O)OCCOc1ccc(N=Nc2ccc(C(=O)OC)cc2)cc1. The summed E-state index contributed by atoms with van der Waals surface area (Å²) in [4.78, 5) is 22.6. The van der Waals surface area contributed by atoms with Crippen LogP contribution in [0, 0.1) is 0 Å². The number of nitrogens with zero attached hydrogens (tertiary/aromatic N) is 2. The van der Waals surface area contributed by atoms with Crippen LogP contribution in [0.3, 0.4) is 0 Å². The Bertz CT molecular complexity index is 826. The molecular weight excluding hydrogens is 348 g/mol. The lowest BCUT2D eigenvalue weighted by atomic mass is 10.2. The van der Waals surface area contributed by atoms with Gasteiger partial charge in [-0.05, 0) is 55.5 Å². The highest BCUT2D eigenvalue weighted by molar-refractivity contribution is 5.89. The molecule has 0 amide bonds. The van der Waals surface area contributed by atoms with Gasteiger partial charge in [-0.3, -0.25) is 0 Å². The number of benzene rings is 2. The van der Waals surface area contributed by atoms with E-state index in [1.54, 1.807) is 55.5 Å². The smallest absolute Gasteiger partial charge is 0.337 e. The van der Waals surface area contributed by atoms with E-state index in [0.29, 0.717) is 28.3 Å². The van der Waals surface area contributed by atoms with Crippen LogP contribution in [0.1, 0.15) is 17.3 Å². The van der Waals surface area contributed by atoms with Gasteiger partial charge in [-0.2, -0.15) is 10.2 Å². The van der Waals surface area contributed by atoms with E-state index in [0.717, 1.165) is 0 Å². The third-order valence-corrected chi connectivity index (χ3v) is 3.34. The zero-order valence-electron chi connectivity index (χ0n) is 15.2. The average Bonchev–Trinajstić information content (AvgIpc) is 2.70. The van der Waals surface area contributed by atoms with Gasteiger partial charge in [0, 0.05) is 5.57 Å². The number of rotatable bonds is 8. The third kappa shape index (κ3) is 6.39. The summed E-state index contributed by atoms with van der Waals surface area (Å²) in [6.07, 6.45) is 0. The van der Waals surface area contributed by atoms with Gasteiger partial charge in [0.1, 0.15) is 19.0 Å². The maximum Gasteiger partial charge on any atom is 0.337 e. The summed E-state index contributed by atoms with van der Waals surface area (Å²) in [5.74, 6) is -0.208. The van der Waals surface area contributed by atoms with E-state index in [1.807, 2.05) is 0 Å². The third-order valence-electron chi connectivity index (χ3n) is 3.34. The predicted molar refractivity (Wildman–Crippen MR) is 99.7 cm³/mol. The molecule has 27 heavy (non-hydrogen) atoms. The van der Waals surface area contributed by atoms with Crippen LogP contribution in [0.25, 0.3) is 0 Å². The molecule has 0 saturated heterocycles. The number of methoxy groups -OCH3 is 1. The lowest BCUT2D eigenvalue weighted by Gasteiger charge is -2.07. The molecule has 0 aliphatic carbocycles. The van der Waals surface area contributed by atoms with Crippen molar-refractivity contribution in [3.63, 3.8) is 0 Å². The Hall–Kier alpha value is -3.48. The van der Waals surface area contributed by atoms with Crippen LogP contribution in [0.4, 0.5) is 11.4 Å². The second-order valence-electron chi connectivity index (χ2n) is 5.50. The highest BCUT2D eigenvalue weighted by Crippen LogP contribution is 2.21. The Morgan fingerprint density at radius 2 is 1.48 bits per heavy atom. The molecule has 2 rings (SSSR count). The van der Waals surface area contributed by atoms with Crippen molar-refractivity contribution in [1.82, 2.24) is 0 Å². The predicted octanol–water partition coefficient (Wildman–Crippen LogP) is 4.39. The Morgan fingerprint density at radius 1 is 0.926 bits per heavy atom. The van der Waals surface area contributed by atoms with E-state index in [-0.39, 0.29) is 13.2 Å². The second-order valence-corrected chi connectivity index (χ2v) is 5.50. The van der Waals surface area contributed by atoms with Crippen LogP contribution in [0.2, 0.25) is 0 Å². The fourth-order valence-electron chi connectivity index (χ4n) is 1.92. The summed E-state index contributed by atoms with van der Waals surface area (Å²) in [6, 6.07) is 13.6. The van der Waals surface area contributed by atoms with Gasteiger partial charge in [-0.25, -0.2) is 9.59 Å². The molecule has 0 saturated carbocycles. The van der Waals surface area contributed by atoms with Crippen molar-refractivity contribution in [3.8, 4) is 5.75 Å². The topological polar surface area (TPSA) is 86.5 Å². The van der Waals surface area contributed by atoms with Crippen LogP contribution in [0.5, 0.6) is 5.75 Å². The van der Waals surface area contributed by atoms with Gasteiger partial charge in [0.25, 0.3) is 0 Å². The normalized spacial score (nSPS) is 10.4. The summed E-state index contributed by atoms with van der Waals surface area (Å²) in [7, 11) is 1.33. The van der Waals surface area contributed by atoms with Crippen molar-refractivity contribution in [2.24, 2.45) is 10.2 Å². The number of carbonyl (C=O) groups excluding carboxylic acids is 2. The van der Waals surface area contributed by atoms with Gasteiger partial charge < -0.3 is 14.2 Å². The number of esters is 2. The van der Waals surface area contributed by atoms with Crippen molar-refractivity contribution in [2.45, 2.75) is 6.92 Å². The highest BCUT2D eigenvalue weighted by atomic mass is 16.6. The molecule has 0 aliphatic rings. The minimum atomic E-state index is -0.436. The minimum absolute atomic E-state index is 0.148. The van der Waals surface area contributed by atoms with Crippen molar-refractivity contribution in [1.29, 1.82) is 0 Å². The molecule has 0 aliphatic heterocycles. The molecule has 7 heteroatoms. The maximum absolute atomic E-state index is 11.4. The lowest BCUT2D eigenvalue weighted by molar-refractivity contribution is -0.139. The minimum Gasteiger partial charge on any atom is -0.490 e. The van der Waals surface area contributed by atoms with Crippen molar-refractivity contribution in [2.75, 3.05) is 20.3 Å². The molecule has 0 bridgehead atoms. The van der Waals surface area contributed by atoms with E-state index in [2.05, 4.69) is 21.5 Å². The molecule has 0 radical (unpaired) electrons. The van der Waals surface area contributed by atoms with Crippen LogP contribution in [-0.4, -0.2) is 32.3 Å². The molecule has 0 spiro atoms. The fraction of sp³-hybridized carbons (Fsp3) is 0.200. The molecule has 7 nitrogen and oxygen atoms in total. The Morgan fingerprint density at radius 3 is 2.00 bits per heavy atom. The first kappa shape index (κ1) is 19.8. The van der Waals surface area contributed by atoms with Crippen LogP contribution < -0.4 is 4.74 Å². The van der Waals surface area contributed by atoms with Crippen LogP contribution in [-0.2, 0) is 14.3 Å². The van der Waals surface area contributed by atoms with E-state index < -0.39 is 11.9 Å². The monoisotopic (exact) mass is 368 g/mol. The summed E-state index contributed by atoms with van der Waals surface area (Å²) in [5.41, 5.74) is 2.06. The molecular formula is C20H20N2O5. The lowest BCUT2D eigenvalue weighted by Crippen LogP contribution is -2.12. The molecule has 2 aromatic rings. The van der Waals surface area contributed by atoms with Crippen LogP contribution in [0.15, 0.2) is 70.9 Å². The molecule has 0 N–H and O–H groups in total. The van der Waals surface area contributed by atoms with Gasteiger partial charge in [-0.1, -0.05) is 6.58 Å². The average molecular weight is 368 g/mol. The number of carbonyl (C=O) groups is 2. The van der Waals surface area contributed by atoms with E-state index in [1.165, 1.54) is 7.11 Å². The molecule has 0 unspecified atom stereocenters. The van der Waals surface area contributed by atoms with Crippen LogP contribution >= 0.6 is 0 Å². The number of hydrogen-bond acceptors (Lipinski definition) is 7. The van der Waals surface area contributed by atoms with Gasteiger partial charge in [0.2, 0.25) is 0 Å². The maximum atomic E-state index is 11.4. The first-order valence-corrected chi connectivity index (χ1v) is 8.15. The van der Waals surface area contributed by atoms with Gasteiger partial charge >= 0.3 is 11.9 Å². The Kier molecular flexibility index (Phi) is 7.25. The summed E-state index contributed by atoms with van der Waals surface area (Å²) >= 11 is 0. The number of ether oxygens (including phenoxy) is 3. The number of azo groups is 1. The van der Waals surface area contributed by atoms with Gasteiger partial charge in [0.05, 0.1) is 24.0 Å². The van der Waals surface area contributed by atoms with E-state index in [9.17, 15) is 9.59 Å². The summed E-state index contributed by atoms with van der Waals surface area (Å²) in [6.45, 7) is 5.48. The van der Waals surface area contributed by atoms with Crippen molar-refractivity contribution < 1.29 is 23.8 Å². The fourth-order valence-corrected chi connectivity index (χ4v) is 1.92. The van der Waals surface area contributed by atoms with E-state index >= 15 is 0 Å². The zero-order valence-corrected chi connectivity index (χ0v) is 15.2. The molecule has 140 valence electrons. The number of hydrogen-bond donors (Lipinski definition) is 0. The van der Waals surface area contributed by atoms with E-state index in [4.69, 9.17) is 9.47 Å². The Balaban J connectivity index is 1.84. The second kappa shape index (κ2) is 9.86. The van der Waals surface area contributed by atoms with Gasteiger partial charge in [0.15, 0.2) is 0 Å². The molecule has 0 aromatic heterocycles.